The second kappa shape index (κ2) is 2.06. The van der Waals surface area contributed by atoms with Crippen LogP contribution in [-0.2, 0) is 0 Å². The Morgan fingerprint density at radius 2 is 1.88 bits per heavy atom. The molecule has 0 aromatic heterocycles. The zero-order valence-electron chi connectivity index (χ0n) is 8.48. The van der Waals surface area contributed by atoms with Crippen molar-refractivity contribution in [2.24, 2.45) is 0 Å². The van der Waals surface area contributed by atoms with E-state index in [2.05, 4.69) is 0 Å². The molecule has 1 saturated heterocycles. The highest BCUT2D eigenvalue weighted by molar-refractivity contribution is 4.47. The summed E-state index contributed by atoms with van der Waals surface area (Å²) in [5.74, 6) is 0. The summed E-state index contributed by atoms with van der Waals surface area (Å²) >= 11 is 0. The van der Waals surface area contributed by atoms with Gasteiger partial charge in [0, 0.05) is 0 Å². The molecule has 1 fully saturated rings. The Hall–Kier alpha value is -0.0400. The minimum Gasteiger partial charge on any atom is -0.328 e. The highest BCUT2D eigenvalue weighted by Crippen LogP contribution is 2.11. The molecule has 0 saturated carbocycles. The van der Waals surface area contributed by atoms with Gasteiger partial charge in [-0.1, -0.05) is 0 Å². The number of hydrogen-bond acceptors (Lipinski definition) is 0. The number of rotatable bonds is 0. The molecule has 8 heavy (non-hydrogen) atoms. The zero-order chi connectivity index (χ0) is 8.54. The third-order valence-electron chi connectivity index (χ3n) is 1.80. The third-order valence-corrected chi connectivity index (χ3v) is 1.80. The largest absolute Gasteiger partial charge is 0.328 e. The minimum atomic E-state index is -1.81. The lowest BCUT2D eigenvalue weighted by Gasteiger charge is -2.33. The molecule has 0 aliphatic carbocycles. The van der Waals surface area contributed by atoms with Crippen LogP contribution in [-0.4, -0.2) is 31.6 Å². The Balaban J connectivity index is 2.64. The van der Waals surface area contributed by atoms with Crippen molar-refractivity contribution >= 4 is 0 Å². The van der Waals surface area contributed by atoms with Crippen LogP contribution in [0.1, 0.15) is 23.4 Å². The molecule has 0 atom stereocenters. The van der Waals surface area contributed by atoms with Gasteiger partial charge in [-0.3, -0.25) is 0 Å². The molecule has 1 rings (SSSR count). The van der Waals surface area contributed by atoms with Crippen molar-refractivity contribution in [1.82, 2.24) is 0 Å². The first-order chi connectivity index (χ1) is 4.96. The van der Waals surface area contributed by atoms with Crippen LogP contribution in [0.2, 0.25) is 0 Å². The van der Waals surface area contributed by atoms with Gasteiger partial charge in [0.2, 0.25) is 0 Å². The summed E-state index contributed by atoms with van der Waals surface area (Å²) < 4.78 is 22.3. The molecule has 0 amide bonds. The van der Waals surface area contributed by atoms with Crippen molar-refractivity contribution in [3.63, 3.8) is 0 Å². The Kier molecular flexibility index (Phi) is 0.826. The molecule has 1 heterocycles. The predicted octanol–water partition coefficient (Wildman–Crippen LogP) is 1.25. The highest BCUT2D eigenvalue weighted by Gasteiger charge is 2.17. The van der Waals surface area contributed by atoms with E-state index in [1.807, 2.05) is 7.05 Å². The van der Waals surface area contributed by atoms with Gasteiger partial charge in [-0.15, -0.1) is 0 Å². The molecule has 0 unspecified atom stereocenters. The summed E-state index contributed by atoms with van der Waals surface area (Å²) in [5, 5.41) is 0. The number of quaternary nitrogens is 1. The molecular formula is C7H16N+. The van der Waals surface area contributed by atoms with E-state index in [9.17, 15) is 0 Å². The maximum Gasteiger partial charge on any atom is 0.0886 e. The maximum absolute atomic E-state index is 7.33. The molecule has 0 radical (unpaired) electrons. The topological polar surface area (TPSA) is 0 Å². The molecule has 48 valence electrons. The van der Waals surface area contributed by atoms with Crippen LogP contribution < -0.4 is 0 Å². The Morgan fingerprint density at radius 3 is 2.25 bits per heavy atom. The standard InChI is InChI=1S/C7H16N/c1-8(2)6-4-3-5-7-8/h3-7H2,1-2H3/q+1/i1D3. The maximum atomic E-state index is 7.33. The summed E-state index contributed by atoms with van der Waals surface area (Å²) in [6, 6.07) is 0. The molecule has 0 aromatic rings. The van der Waals surface area contributed by atoms with E-state index in [4.69, 9.17) is 4.11 Å². The normalized spacial score (nSPS) is 34.9. The Bertz CT molecular complexity index is 135. The predicted molar refractivity (Wildman–Crippen MR) is 35.7 cm³/mol. The van der Waals surface area contributed by atoms with Crippen LogP contribution in [0.4, 0.5) is 0 Å². The van der Waals surface area contributed by atoms with Gasteiger partial charge in [-0.05, 0) is 19.3 Å². The number of hydrogen-bond donors (Lipinski definition) is 0. The fourth-order valence-corrected chi connectivity index (χ4v) is 1.21. The van der Waals surface area contributed by atoms with Gasteiger partial charge in [0.1, 0.15) is 0 Å². The van der Waals surface area contributed by atoms with Crippen molar-refractivity contribution in [3.05, 3.63) is 0 Å². The van der Waals surface area contributed by atoms with E-state index in [0.717, 1.165) is 25.9 Å². The average Bonchev–Trinajstić information content (AvgIpc) is 1.87. The Labute approximate surface area is 56.1 Å². The SMILES string of the molecule is [2H]C([2H])([2H])[N+]1(C)CCCCC1. The van der Waals surface area contributed by atoms with Gasteiger partial charge < -0.3 is 4.48 Å². The quantitative estimate of drug-likeness (QED) is 0.419. The van der Waals surface area contributed by atoms with Gasteiger partial charge in [0.15, 0.2) is 0 Å². The van der Waals surface area contributed by atoms with Gasteiger partial charge in [-0.25, -0.2) is 0 Å². The van der Waals surface area contributed by atoms with Crippen LogP contribution in [0.15, 0.2) is 0 Å². The summed E-state index contributed by atoms with van der Waals surface area (Å²) in [6.07, 6.45) is 3.33. The minimum absolute atomic E-state index is 0.271. The van der Waals surface area contributed by atoms with Gasteiger partial charge in [0.25, 0.3) is 0 Å². The molecule has 0 N–H and O–H groups in total. The second-order valence-electron chi connectivity index (χ2n) is 2.90. The van der Waals surface area contributed by atoms with E-state index >= 15 is 0 Å². The van der Waals surface area contributed by atoms with Gasteiger partial charge >= 0.3 is 0 Å². The second-order valence-corrected chi connectivity index (χ2v) is 2.90. The van der Waals surface area contributed by atoms with Crippen LogP contribution in [0.25, 0.3) is 0 Å². The lowest BCUT2D eigenvalue weighted by atomic mass is 10.1. The van der Waals surface area contributed by atoms with E-state index < -0.39 is 6.98 Å². The van der Waals surface area contributed by atoms with Crippen molar-refractivity contribution in [2.45, 2.75) is 19.3 Å². The lowest BCUT2D eigenvalue weighted by molar-refractivity contribution is -0.894. The Morgan fingerprint density at radius 1 is 1.25 bits per heavy atom. The molecular weight excluding hydrogens is 98.1 g/mol. The number of piperidine rings is 1. The monoisotopic (exact) mass is 117 g/mol. The molecule has 1 aliphatic rings. The summed E-state index contributed by atoms with van der Waals surface area (Å²) in [6.45, 7) is -0.173. The smallest absolute Gasteiger partial charge is 0.0886 e. The fourth-order valence-electron chi connectivity index (χ4n) is 1.21. The lowest BCUT2D eigenvalue weighted by Crippen LogP contribution is -2.43. The summed E-state index contributed by atoms with van der Waals surface area (Å²) in [7, 11) is 1.84. The molecule has 0 bridgehead atoms. The number of nitrogens with zero attached hydrogens (tertiary/aromatic N) is 1. The van der Waals surface area contributed by atoms with E-state index in [1.165, 1.54) is 6.42 Å². The molecule has 1 heteroatoms. The molecule has 0 aromatic carbocycles. The van der Waals surface area contributed by atoms with E-state index in [-0.39, 0.29) is 4.48 Å². The summed E-state index contributed by atoms with van der Waals surface area (Å²) in [4.78, 5) is 0. The molecule has 1 aliphatic heterocycles. The van der Waals surface area contributed by atoms with Crippen molar-refractivity contribution in [2.75, 3.05) is 27.1 Å². The van der Waals surface area contributed by atoms with Crippen molar-refractivity contribution < 1.29 is 8.60 Å². The van der Waals surface area contributed by atoms with Crippen LogP contribution >= 0.6 is 0 Å². The average molecular weight is 117 g/mol. The highest BCUT2D eigenvalue weighted by atomic mass is 15.3. The van der Waals surface area contributed by atoms with Gasteiger partial charge in [0.05, 0.1) is 31.2 Å². The molecule has 1 nitrogen and oxygen atoms in total. The third kappa shape index (κ3) is 1.48. The first kappa shape index (κ1) is 3.21. The number of likely N-dealkylation sites (tertiary alicyclic amines) is 1. The van der Waals surface area contributed by atoms with Crippen LogP contribution in [0, 0.1) is 0 Å². The van der Waals surface area contributed by atoms with Crippen LogP contribution in [0.5, 0.6) is 0 Å². The molecule has 0 spiro atoms. The van der Waals surface area contributed by atoms with E-state index in [1.54, 1.807) is 0 Å². The van der Waals surface area contributed by atoms with Crippen molar-refractivity contribution in [1.29, 1.82) is 0 Å². The zero-order valence-corrected chi connectivity index (χ0v) is 5.48. The van der Waals surface area contributed by atoms with Crippen LogP contribution in [0.3, 0.4) is 0 Å². The first-order valence-corrected chi connectivity index (χ1v) is 3.30. The first-order valence-electron chi connectivity index (χ1n) is 4.80. The fraction of sp³-hybridized carbons (Fsp3) is 1.00. The van der Waals surface area contributed by atoms with Gasteiger partial charge in [-0.2, -0.15) is 0 Å². The summed E-state index contributed by atoms with van der Waals surface area (Å²) in [5.41, 5.74) is 0. The van der Waals surface area contributed by atoms with E-state index in [0.29, 0.717) is 0 Å². The van der Waals surface area contributed by atoms with Crippen molar-refractivity contribution in [3.8, 4) is 0 Å².